The van der Waals surface area contributed by atoms with Gasteiger partial charge in [0.05, 0.1) is 0 Å². The predicted molar refractivity (Wildman–Crippen MR) is 69.1 cm³/mol. The highest BCUT2D eigenvalue weighted by Crippen LogP contribution is 2.13. The summed E-state index contributed by atoms with van der Waals surface area (Å²) in [6.07, 6.45) is 7.76. The fraction of sp³-hybridized carbons (Fsp3) is 1.00. The van der Waals surface area contributed by atoms with Crippen LogP contribution in [0.25, 0.3) is 0 Å². The lowest BCUT2D eigenvalue weighted by atomic mass is 10.0. The van der Waals surface area contributed by atoms with Gasteiger partial charge in [0.15, 0.2) is 0 Å². The largest absolute Gasteiger partial charge is 0.329 e. The smallest absolute Gasteiger partial charge is 0.0218 e. The van der Waals surface area contributed by atoms with Crippen LogP contribution in [0.3, 0.4) is 0 Å². The fourth-order valence-electron chi connectivity index (χ4n) is 2.10. The van der Waals surface area contributed by atoms with Crippen molar-refractivity contribution in [1.82, 2.24) is 4.90 Å². The molecule has 0 aromatic rings. The molecule has 0 aromatic heterocycles. The molecule has 0 aliphatic carbocycles. The molecule has 2 atom stereocenters. The van der Waals surface area contributed by atoms with E-state index in [4.69, 9.17) is 5.73 Å². The molecule has 0 bridgehead atoms. The molecule has 2 nitrogen and oxygen atoms in total. The van der Waals surface area contributed by atoms with Gasteiger partial charge < -0.3 is 5.73 Å². The molecule has 92 valence electrons. The Kier molecular flexibility index (Phi) is 9.12. The first-order valence-corrected chi connectivity index (χ1v) is 6.59. The Morgan fingerprint density at radius 1 is 1.07 bits per heavy atom. The minimum absolute atomic E-state index is 0.582. The molecule has 0 saturated carbocycles. The zero-order chi connectivity index (χ0) is 11.7. The molecular formula is C13H30N2. The third-order valence-corrected chi connectivity index (χ3v) is 3.39. The molecule has 0 spiro atoms. The fourth-order valence-corrected chi connectivity index (χ4v) is 2.10. The second kappa shape index (κ2) is 9.17. The first kappa shape index (κ1) is 14.9. The summed E-state index contributed by atoms with van der Waals surface area (Å²) in [5.41, 5.74) is 5.85. The molecule has 0 aromatic carbocycles. The summed E-state index contributed by atoms with van der Waals surface area (Å²) >= 11 is 0. The highest BCUT2D eigenvalue weighted by molar-refractivity contribution is 4.74. The van der Waals surface area contributed by atoms with E-state index in [1.807, 2.05) is 0 Å². The van der Waals surface area contributed by atoms with Gasteiger partial charge in [-0.15, -0.1) is 0 Å². The van der Waals surface area contributed by atoms with Crippen molar-refractivity contribution in [3.63, 3.8) is 0 Å². The highest BCUT2D eigenvalue weighted by atomic mass is 15.2. The van der Waals surface area contributed by atoms with E-state index in [2.05, 4.69) is 32.7 Å². The Morgan fingerprint density at radius 3 is 2.20 bits per heavy atom. The number of nitrogens with two attached hydrogens (primary N) is 1. The molecule has 2 N–H and O–H groups in total. The van der Waals surface area contributed by atoms with E-state index in [1.165, 1.54) is 38.5 Å². The van der Waals surface area contributed by atoms with Gasteiger partial charge >= 0.3 is 0 Å². The van der Waals surface area contributed by atoms with E-state index in [0.717, 1.165) is 6.54 Å². The summed E-state index contributed by atoms with van der Waals surface area (Å²) in [6.45, 7) is 7.61. The van der Waals surface area contributed by atoms with Crippen molar-refractivity contribution >= 4 is 0 Å². The molecule has 2 heteroatoms. The second-order valence-corrected chi connectivity index (χ2v) is 4.69. The van der Waals surface area contributed by atoms with Crippen molar-refractivity contribution in [1.29, 1.82) is 0 Å². The number of rotatable bonds is 9. The summed E-state index contributed by atoms with van der Waals surface area (Å²) in [7, 11) is 2.23. The van der Waals surface area contributed by atoms with Crippen molar-refractivity contribution in [2.45, 2.75) is 71.4 Å². The normalized spacial score (nSPS) is 15.6. The summed E-state index contributed by atoms with van der Waals surface area (Å²) in [4.78, 5) is 2.47. The highest BCUT2D eigenvalue weighted by Gasteiger charge is 2.17. The number of likely N-dealkylation sites (N-methyl/N-ethyl adjacent to an activating group) is 1. The van der Waals surface area contributed by atoms with Crippen LogP contribution < -0.4 is 5.73 Å². The van der Waals surface area contributed by atoms with E-state index >= 15 is 0 Å². The first-order valence-electron chi connectivity index (χ1n) is 6.59. The van der Waals surface area contributed by atoms with Crippen LogP contribution in [-0.2, 0) is 0 Å². The Labute approximate surface area is 96.2 Å². The summed E-state index contributed by atoms with van der Waals surface area (Å²) < 4.78 is 0. The van der Waals surface area contributed by atoms with Gasteiger partial charge in [-0.1, -0.05) is 39.5 Å². The second-order valence-electron chi connectivity index (χ2n) is 4.69. The quantitative estimate of drug-likeness (QED) is 0.598. The van der Waals surface area contributed by atoms with E-state index in [9.17, 15) is 0 Å². The maximum atomic E-state index is 5.85. The Bertz CT molecular complexity index is 136. The lowest BCUT2D eigenvalue weighted by Crippen LogP contribution is -2.43. The molecule has 0 rings (SSSR count). The number of unbranched alkanes of at least 4 members (excludes halogenated alkanes) is 2. The van der Waals surface area contributed by atoms with E-state index in [0.29, 0.717) is 12.1 Å². The van der Waals surface area contributed by atoms with Gasteiger partial charge in [0.25, 0.3) is 0 Å². The molecule has 0 heterocycles. The first-order chi connectivity index (χ1) is 7.17. The summed E-state index contributed by atoms with van der Waals surface area (Å²) in [5.74, 6) is 0. The van der Waals surface area contributed by atoms with Gasteiger partial charge in [0.2, 0.25) is 0 Å². The van der Waals surface area contributed by atoms with Crippen LogP contribution >= 0.6 is 0 Å². The minimum atomic E-state index is 0.582. The lowest BCUT2D eigenvalue weighted by molar-refractivity contribution is 0.168. The molecule has 15 heavy (non-hydrogen) atoms. The maximum Gasteiger partial charge on any atom is 0.0218 e. The van der Waals surface area contributed by atoms with Gasteiger partial charge in [-0.05, 0) is 26.8 Å². The molecular weight excluding hydrogens is 184 g/mol. The van der Waals surface area contributed by atoms with E-state index < -0.39 is 0 Å². The molecule has 2 unspecified atom stereocenters. The molecule has 0 radical (unpaired) electrons. The average molecular weight is 214 g/mol. The average Bonchev–Trinajstić information content (AvgIpc) is 2.24. The maximum absolute atomic E-state index is 5.85. The van der Waals surface area contributed by atoms with Gasteiger partial charge in [-0.2, -0.15) is 0 Å². The van der Waals surface area contributed by atoms with Crippen molar-refractivity contribution in [2.75, 3.05) is 13.6 Å². The van der Waals surface area contributed by atoms with E-state index in [1.54, 1.807) is 0 Å². The van der Waals surface area contributed by atoms with Crippen LogP contribution in [0.5, 0.6) is 0 Å². The number of hydrogen-bond donors (Lipinski definition) is 1. The van der Waals surface area contributed by atoms with Crippen LogP contribution in [0.1, 0.15) is 59.3 Å². The third-order valence-electron chi connectivity index (χ3n) is 3.39. The van der Waals surface area contributed by atoms with Crippen molar-refractivity contribution < 1.29 is 0 Å². The van der Waals surface area contributed by atoms with Gasteiger partial charge in [-0.3, -0.25) is 4.90 Å². The van der Waals surface area contributed by atoms with Crippen molar-refractivity contribution in [3.8, 4) is 0 Å². The van der Waals surface area contributed by atoms with Crippen LogP contribution in [0.2, 0.25) is 0 Å². The monoisotopic (exact) mass is 214 g/mol. The van der Waals surface area contributed by atoms with Crippen LogP contribution in [-0.4, -0.2) is 30.6 Å². The topological polar surface area (TPSA) is 29.3 Å². The number of hydrogen-bond acceptors (Lipinski definition) is 2. The molecule has 0 amide bonds. The molecule has 0 saturated heterocycles. The van der Waals surface area contributed by atoms with Crippen LogP contribution in [0, 0.1) is 0 Å². The van der Waals surface area contributed by atoms with Crippen molar-refractivity contribution in [2.24, 2.45) is 5.73 Å². The zero-order valence-corrected chi connectivity index (χ0v) is 11.1. The van der Waals surface area contributed by atoms with Crippen LogP contribution in [0.15, 0.2) is 0 Å². The van der Waals surface area contributed by atoms with Crippen LogP contribution in [0.4, 0.5) is 0 Å². The summed E-state index contributed by atoms with van der Waals surface area (Å²) in [6, 6.07) is 1.25. The molecule has 0 fully saturated rings. The standard InChI is InChI=1S/C13H30N2/c1-5-7-8-10-13(11-14)15(4)12(3)9-6-2/h12-13H,5-11,14H2,1-4H3. The van der Waals surface area contributed by atoms with Crippen molar-refractivity contribution in [3.05, 3.63) is 0 Å². The Hall–Kier alpha value is -0.0800. The summed E-state index contributed by atoms with van der Waals surface area (Å²) in [5, 5.41) is 0. The molecule has 0 aliphatic rings. The third kappa shape index (κ3) is 6.16. The van der Waals surface area contributed by atoms with Gasteiger partial charge in [0, 0.05) is 18.6 Å². The minimum Gasteiger partial charge on any atom is -0.329 e. The SMILES string of the molecule is CCCCCC(CN)N(C)C(C)CCC. The zero-order valence-electron chi connectivity index (χ0n) is 11.1. The number of nitrogens with zero attached hydrogens (tertiary/aromatic N) is 1. The van der Waals surface area contributed by atoms with E-state index in [-0.39, 0.29) is 0 Å². The Morgan fingerprint density at radius 2 is 1.73 bits per heavy atom. The lowest BCUT2D eigenvalue weighted by Gasteiger charge is -2.32. The molecule has 0 aliphatic heterocycles. The van der Waals surface area contributed by atoms with Gasteiger partial charge in [-0.25, -0.2) is 0 Å². The Balaban J connectivity index is 3.91. The van der Waals surface area contributed by atoms with Gasteiger partial charge in [0.1, 0.15) is 0 Å². The predicted octanol–water partition coefficient (Wildman–Crippen LogP) is 3.01.